The second-order valence-corrected chi connectivity index (χ2v) is 11.4. The van der Waals surface area contributed by atoms with Crippen molar-refractivity contribution in [2.45, 2.75) is 0 Å². The fourth-order valence-electron chi connectivity index (χ4n) is 5.15. The zero-order valence-electron chi connectivity index (χ0n) is 20.6. The van der Waals surface area contributed by atoms with Gasteiger partial charge in [-0.15, -0.1) is 0 Å². The zero-order chi connectivity index (χ0) is 25.3. The van der Waals surface area contributed by atoms with Crippen molar-refractivity contribution in [3.05, 3.63) is 146 Å². The van der Waals surface area contributed by atoms with E-state index in [9.17, 15) is 0 Å². The summed E-state index contributed by atoms with van der Waals surface area (Å²) < 4.78 is 2.30. The Bertz CT molecular complexity index is 1820. The molecule has 38 heavy (non-hydrogen) atoms. The van der Waals surface area contributed by atoms with Gasteiger partial charge < -0.3 is 0 Å². The molecule has 0 N–H and O–H groups in total. The van der Waals surface area contributed by atoms with Crippen LogP contribution in [0.1, 0.15) is 0 Å². The van der Waals surface area contributed by atoms with Crippen molar-refractivity contribution in [2.75, 3.05) is 0 Å². The lowest BCUT2D eigenvalue weighted by Gasteiger charge is -2.20. The Balaban J connectivity index is 1.48. The van der Waals surface area contributed by atoms with Gasteiger partial charge >= 0.3 is 0 Å². The van der Waals surface area contributed by atoms with Crippen LogP contribution in [-0.4, -0.2) is 14.5 Å². The number of nitrogens with zero attached hydrogens (tertiary/aromatic N) is 3. The van der Waals surface area contributed by atoms with Crippen LogP contribution in [0.15, 0.2) is 146 Å². The van der Waals surface area contributed by atoms with E-state index < -0.39 is 7.92 Å². The molecule has 0 aliphatic heterocycles. The molecule has 0 spiro atoms. The van der Waals surface area contributed by atoms with Crippen LogP contribution in [0.25, 0.3) is 39.0 Å². The average Bonchev–Trinajstić information content (AvgIpc) is 3.33. The third-order valence-electron chi connectivity index (χ3n) is 6.84. The maximum absolute atomic E-state index is 5.08. The summed E-state index contributed by atoms with van der Waals surface area (Å²) >= 11 is 0. The van der Waals surface area contributed by atoms with Crippen molar-refractivity contribution in [2.24, 2.45) is 0 Å². The van der Waals surface area contributed by atoms with Crippen LogP contribution in [0.4, 0.5) is 0 Å². The van der Waals surface area contributed by atoms with Crippen molar-refractivity contribution in [3.8, 4) is 17.2 Å². The molecule has 0 aliphatic rings. The number of rotatable bonds is 5. The van der Waals surface area contributed by atoms with Crippen LogP contribution >= 0.6 is 7.92 Å². The minimum atomic E-state index is -0.716. The van der Waals surface area contributed by atoms with Crippen LogP contribution in [0, 0.1) is 0 Å². The fourth-order valence-corrected chi connectivity index (χ4v) is 7.46. The molecule has 0 amide bonds. The van der Waals surface area contributed by atoms with Gasteiger partial charge in [0.25, 0.3) is 0 Å². The molecule has 0 saturated heterocycles. The standard InChI is InChI=1S/C34H24N3P/c1-3-12-25(13-4-1)38(26-14-5-2-6-15-26)27-21-22-29-28-16-7-8-19-32(28)37(33(29)24-27)34-20-11-18-31(36-34)30-17-9-10-23-35-30/h1-24H. The molecule has 7 rings (SSSR count). The third-order valence-corrected chi connectivity index (χ3v) is 9.26. The predicted octanol–water partition coefficient (Wildman–Crippen LogP) is 7.00. The molecular formula is C34H24N3P. The highest BCUT2D eigenvalue weighted by Gasteiger charge is 2.20. The summed E-state index contributed by atoms with van der Waals surface area (Å²) in [7, 11) is -0.716. The van der Waals surface area contributed by atoms with E-state index in [1.54, 1.807) is 0 Å². The Labute approximate surface area is 222 Å². The molecule has 0 saturated carbocycles. The summed E-state index contributed by atoms with van der Waals surface area (Å²) in [6.07, 6.45) is 1.81. The van der Waals surface area contributed by atoms with Crippen molar-refractivity contribution in [3.63, 3.8) is 0 Å². The van der Waals surface area contributed by atoms with Crippen LogP contribution < -0.4 is 15.9 Å². The lowest BCUT2D eigenvalue weighted by Crippen LogP contribution is -2.20. The molecule has 3 nitrogen and oxygen atoms in total. The monoisotopic (exact) mass is 505 g/mol. The summed E-state index contributed by atoms with van der Waals surface area (Å²) in [5.41, 5.74) is 4.04. The molecule has 0 aliphatic carbocycles. The van der Waals surface area contributed by atoms with Crippen molar-refractivity contribution in [1.29, 1.82) is 0 Å². The number of pyridine rings is 2. The van der Waals surface area contributed by atoms with E-state index in [0.717, 1.165) is 28.2 Å². The van der Waals surface area contributed by atoms with Crippen LogP contribution in [-0.2, 0) is 0 Å². The molecule has 0 atom stereocenters. The number of fused-ring (bicyclic) bond motifs is 3. The van der Waals surface area contributed by atoms with Gasteiger partial charge in [0.1, 0.15) is 5.82 Å². The van der Waals surface area contributed by atoms with E-state index in [2.05, 4.69) is 125 Å². The largest absolute Gasteiger partial charge is 0.294 e. The molecule has 7 aromatic rings. The van der Waals surface area contributed by atoms with Crippen LogP contribution in [0.3, 0.4) is 0 Å². The van der Waals surface area contributed by atoms with Crippen molar-refractivity contribution >= 4 is 45.6 Å². The first kappa shape index (κ1) is 22.6. The Hall–Kier alpha value is -4.59. The van der Waals surface area contributed by atoms with Gasteiger partial charge in [-0.25, -0.2) is 4.98 Å². The highest BCUT2D eigenvalue weighted by atomic mass is 31.1. The normalized spacial score (nSPS) is 11.4. The maximum atomic E-state index is 5.08. The van der Waals surface area contributed by atoms with Crippen molar-refractivity contribution in [1.82, 2.24) is 14.5 Å². The first-order valence-corrected chi connectivity index (χ1v) is 14.0. The van der Waals surface area contributed by atoms with Crippen LogP contribution in [0.5, 0.6) is 0 Å². The summed E-state index contributed by atoms with van der Waals surface area (Å²) in [4.78, 5) is 9.61. The quantitative estimate of drug-likeness (QED) is 0.236. The minimum absolute atomic E-state index is 0.716. The first-order valence-electron chi connectivity index (χ1n) is 12.7. The second kappa shape index (κ2) is 9.70. The molecule has 4 heteroatoms. The number of benzene rings is 4. The maximum Gasteiger partial charge on any atom is 0.138 e. The molecule has 3 heterocycles. The van der Waals surface area contributed by atoms with E-state index >= 15 is 0 Å². The van der Waals surface area contributed by atoms with Gasteiger partial charge in [0.05, 0.1) is 22.4 Å². The molecule has 0 fully saturated rings. The molecule has 0 bridgehead atoms. The van der Waals surface area contributed by atoms with E-state index in [0.29, 0.717) is 0 Å². The van der Waals surface area contributed by atoms with E-state index in [-0.39, 0.29) is 0 Å². The third kappa shape index (κ3) is 3.98. The Morgan fingerprint density at radius 3 is 1.87 bits per heavy atom. The van der Waals surface area contributed by atoms with Crippen molar-refractivity contribution < 1.29 is 0 Å². The van der Waals surface area contributed by atoms with Gasteiger partial charge in [-0.3, -0.25) is 9.55 Å². The Kier molecular flexibility index (Phi) is 5.77. The number of para-hydroxylation sites is 1. The Morgan fingerprint density at radius 1 is 0.474 bits per heavy atom. The first-order chi connectivity index (χ1) is 18.9. The lowest BCUT2D eigenvalue weighted by molar-refractivity contribution is 1.08. The fraction of sp³-hybridized carbons (Fsp3) is 0. The molecule has 3 aromatic heterocycles. The molecule has 180 valence electrons. The van der Waals surface area contributed by atoms with Gasteiger partial charge in [-0.05, 0) is 60.2 Å². The summed E-state index contributed by atoms with van der Waals surface area (Å²) in [6, 6.07) is 49.4. The topological polar surface area (TPSA) is 30.7 Å². The molecule has 4 aromatic carbocycles. The number of hydrogen-bond acceptors (Lipinski definition) is 2. The smallest absolute Gasteiger partial charge is 0.138 e. The summed E-state index contributed by atoms with van der Waals surface area (Å²) in [6.45, 7) is 0. The Morgan fingerprint density at radius 2 is 1.13 bits per heavy atom. The van der Waals surface area contributed by atoms with Gasteiger partial charge in [0, 0.05) is 17.0 Å². The van der Waals surface area contributed by atoms with E-state index in [4.69, 9.17) is 4.98 Å². The zero-order valence-corrected chi connectivity index (χ0v) is 21.5. The second-order valence-electron chi connectivity index (χ2n) is 9.16. The lowest BCUT2D eigenvalue weighted by atomic mass is 10.2. The van der Waals surface area contributed by atoms with E-state index in [1.165, 1.54) is 26.7 Å². The predicted molar refractivity (Wildman–Crippen MR) is 161 cm³/mol. The summed E-state index contributed by atoms with van der Waals surface area (Å²) in [5.74, 6) is 0.889. The van der Waals surface area contributed by atoms with E-state index in [1.807, 2.05) is 30.5 Å². The molecule has 0 unspecified atom stereocenters. The number of aromatic nitrogens is 3. The molecule has 0 radical (unpaired) electrons. The average molecular weight is 506 g/mol. The SMILES string of the molecule is c1ccc(P(c2ccccc2)c2ccc3c4ccccc4n(-c4cccc(-c5ccccn5)n4)c3c2)cc1. The summed E-state index contributed by atoms with van der Waals surface area (Å²) in [5, 5.41) is 6.44. The molecular weight excluding hydrogens is 481 g/mol. The van der Waals surface area contributed by atoms with Gasteiger partial charge in [0.2, 0.25) is 0 Å². The highest BCUT2D eigenvalue weighted by molar-refractivity contribution is 7.79. The highest BCUT2D eigenvalue weighted by Crippen LogP contribution is 2.37. The van der Waals surface area contributed by atoms with Gasteiger partial charge in [-0.2, -0.15) is 0 Å². The minimum Gasteiger partial charge on any atom is -0.294 e. The van der Waals surface area contributed by atoms with Gasteiger partial charge in [0.15, 0.2) is 0 Å². The number of hydrogen-bond donors (Lipinski definition) is 0. The van der Waals surface area contributed by atoms with Gasteiger partial charge in [-0.1, -0.05) is 103 Å². The van der Waals surface area contributed by atoms with Crippen LogP contribution in [0.2, 0.25) is 0 Å².